The van der Waals surface area contributed by atoms with Gasteiger partial charge in [0.1, 0.15) is 5.75 Å². The zero-order chi connectivity index (χ0) is 22.2. The molecule has 0 N–H and O–H groups in total. The van der Waals surface area contributed by atoms with E-state index in [0.717, 1.165) is 5.56 Å². The smallest absolute Gasteiger partial charge is 0.434 e. The normalized spacial score (nSPS) is 13.6. The van der Waals surface area contributed by atoms with Crippen LogP contribution in [-0.2, 0) is 16.0 Å². The standard InChI is InChI=1S/C23H25ClN2O5/c1-2-30-23(29)31-20-10-6-18(7-11-20)22(28)26-15-13-25(14-16-26)21(27)12-5-17-3-8-19(24)9-4-17/h3-4,6-11H,2,5,12-16H2,1H3. The van der Waals surface area contributed by atoms with Crippen molar-refractivity contribution >= 4 is 29.6 Å². The molecule has 8 heteroatoms. The van der Waals surface area contributed by atoms with Gasteiger partial charge in [0.05, 0.1) is 6.61 Å². The van der Waals surface area contributed by atoms with Gasteiger partial charge in [0.25, 0.3) is 5.91 Å². The van der Waals surface area contributed by atoms with Gasteiger partial charge in [-0.15, -0.1) is 0 Å². The van der Waals surface area contributed by atoms with Gasteiger partial charge in [-0.1, -0.05) is 23.7 Å². The van der Waals surface area contributed by atoms with Crippen molar-refractivity contribution in [3.8, 4) is 5.75 Å². The second-order valence-electron chi connectivity index (χ2n) is 7.11. The molecule has 3 rings (SSSR count). The van der Waals surface area contributed by atoms with Crippen molar-refractivity contribution in [2.24, 2.45) is 0 Å². The van der Waals surface area contributed by atoms with E-state index in [9.17, 15) is 14.4 Å². The molecule has 0 aliphatic carbocycles. The number of nitrogens with zero attached hydrogens (tertiary/aromatic N) is 2. The molecule has 0 aromatic heterocycles. The molecule has 0 spiro atoms. The topological polar surface area (TPSA) is 76.2 Å². The lowest BCUT2D eigenvalue weighted by Gasteiger charge is -2.35. The Kier molecular flexibility index (Phi) is 7.89. The third kappa shape index (κ3) is 6.46. The highest BCUT2D eigenvalue weighted by atomic mass is 35.5. The summed E-state index contributed by atoms with van der Waals surface area (Å²) in [4.78, 5) is 40.1. The Balaban J connectivity index is 1.46. The fourth-order valence-electron chi connectivity index (χ4n) is 3.31. The summed E-state index contributed by atoms with van der Waals surface area (Å²) >= 11 is 5.89. The lowest BCUT2D eigenvalue weighted by molar-refractivity contribution is -0.132. The number of amides is 2. The van der Waals surface area contributed by atoms with Gasteiger partial charge in [0.2, 0.25) is 5.91 Å². The van der Waals surface area contributed by atoms with Crippen molar-refractivity contribution in [1.82, 2.24) is 9.80 Å². The van der Waals surface area contributed by atoms with Gasteiger partial charge in [0, 0.05) is 43.2 Å². The molecule has 1 aliphatic heterocycles. The van der Waals surface area contributed by atoms with Gasteiger partial charge in [-0.3, -0.25) is 9.59 Å². The highest BCUT2D eigenvalue weighted by Crippen LogP contribution is 2.16. The highest BCUT2D eigenvalue weighted by molar-refractivity contribution is 6.30. The molecule has 164 valence electrons. The summed E-state index contributed by atoms with van der Waals surface area (Å²) < 4.78 is 9.72. The molecule has 1 fully saturated rings. The number of benzene rings is 2. The first kappa shape index (κ1) is 22.6. The number of hydrogen-bond donors (Lipinski definition) is 0. The first-order valence-corrected chi connectivity index (χ1v) is 10.6. The fourth-order valence-corrected chi connectivity index (χ4v) is 3.44. The maximum atomic E-state index is 12.7. The number of rotatable bonds is 6. The van der Waals surface area contributed by atoms with Crippen LogP contribution in [0.25, 0.3) is 0 Å². The average molecular weight is 445 g/mol. The van der Waals surface area contributed by atoms with Crippen LogP contribution in [0.15, 0.2) is 48.5 Å². The van der Waals surface area contributed by atoms with Crippen molar-refractivity contribution < 1.29 is 23.9 Å². The Morgan fingerprint density at radius 3 is 2.13 bits per heavy atom. The van der Waals surface area contributed by atoms with Crippen molar-refractivity contribution in [2.45, 2.75) is 19.8 Å². The highest BCUT2D eigenvalue weighted by Gasteiger charge is 2.24. The van der Waals surface area contributed by atoms with Crippen LogP contribution in [0, 0.1) is 0 Å². The molecule has 2 amide bonds. The summed E-state index contributed by atoms with van der Waals surface area (Å²) in [5.74, 6) is 0.282. The van der Waals surface area contributed by atoms with Gasteiger partial charge in [-0.2, -0.15) is 0 Å². The van der Waals surface area contributed by atoms with E-state index in [1.54, 1.807) is 41.0 Å². The molecule has 0 bridgehead atoms. The number of aryl methyl sites for hydroxylation is 1. The second-order valence-corrected chi connectivity index (χ2v) is 7.55. The summed E-state index contributed by atoms with van der Waals surface area (Å²) in [5, 5.41) is 0.678. The molecule has 0 radical (unpaired) electrons. The van der Waals surface area contributed by atoms with E-state index in [0.29, 0.717) is 55.4 Å². The summed E-state index contributed by atoms with van der Waals surface area (Å²) in [6.45, 7) is 3.89. The van der Waals surface area contributed by atoms with Crippen LogP contribution in [0.4, 0.5) is 4.79 Å². The number of carbonyl (C=O) groups excluding carboxylic acids is 3. The molecular formula is C23H25ClN2O5. The Hall–Kier alpha value is -3.06. The molecule has 31 heavy (non-hydrogen) atoms. The van der Waals surface area contributed by atoms with Crippen molar-refractivity contribution in [2.75, 3.05) is 32.8 Å². The van der Waals surface area contributed by atoms with E-state index < -0.39 is 6.16 Å². The maximum absolute atomic E-state index is 12.7. The predicted molar refractivity (Wildman–Crippen MR) is 116 cm³/mol. The Labute approximate surface area is 186 Å². The van der Waals surface area contributed by atoms with Gasteiger partial charge in [0.15, 0.2) is 0 Å². The molecule has 7 nitrogen and oxygen atoms in total. The minimum atomic E-state index is -0.779. The maximum Gasteiger partial charge on any atom is 0.513 e. The average Bonchev–Trinajstić information content (AvgIpc) is 2.79. The van der Waals surface area contributed by atoms with Crippen LogP contribution in [0.1, 0.15) is 29.3 Å². The third-order valence-corrected chi connectivity index (χ3v) is 5.28. The van der Waals surface area contributed by atoms with E-state index in [2.05, 4.69) is 0 Å². The SMILES string of the molecule is CCOC(=O)Oc1ccc(C(=O)N2CCN(C(=O)CCc3ccc(Cl)cc3)CC2)cc1. The fraction of sp³-hybridized carbons (Fsp3) is 0.348. The van der Waals surface area contributed by atoms with Crippen LogP contribution in [0.5, 0.6) is 5.75 Å². The Bertz CT molecular complexity index is 907. The molecule has 1 aliphatic rings. The number of carbonyl (C=O) groups is 3. The molecule has 0 saturated carbocycles. The minimum absolute atomic E-state index is 0.0857. The van der Waals surface area contributed by atoms with Crippen molar-refractivity contribution in [1.29, 1.82) is 0 Å². The molecule has 0 unspecified atom stereocenters. The van der Waals surface area contributed by atoms with Gasteiger partial charge >= 0.3 is 6.16 Å². The third-order valence-electron chi connectivity index (χ3n) is 5.03. The van der Waals surface area contributed by atoms with Crippen molar-refractivity contribution in [3.05, 3.63) is 64.7 Å². The zero-order valence-corrected chi connectivity index (χ0v) is 18.1. The quantitative estimate of drug-likeness (QED) is 0.500. The van der Waals surface area contributed by atoms with Crippen LogP contribution < -0.4 is 4.74 Å². The molecule has 2 aromatic rings. The predicted octanol–water partition coefficient (Wildman–Crippen LogP) is 3.79. The van der Waals surface area contributed by atoms with Gasteiger partial charge < -0.3 is 19.3 Å². The summed E-state index contributed by atoms with van der Waals surface area (Å²) in [7, 11) is 0. The number of halogens is 1. The van der Waals surface area contributed by atoms with E-state index in [1.807, 2.05) is 24.3 Å². The lowest BCUT2D eigenvalue weighted by Crippen LogP contribution is -2.50. The second kappa shape index (κ2) is 10.8. The van der Waals surface area contributed by atoms with Gasteiger partial charge in [-0.05, 0) is 55.3 Å². The van der Waals surface area contributed by atoms with Crippen LogP contribution in [0.2, 0.25) is 5.02 Å². The molecular weight excluding hydrogens is 420 g/mol. The van der Waals surface area contributed by atoms with Crippen LogP contribution in [-0.4, -0.2) is 60.6 Å². The number of piperazine rings is 1. The lowest BCUT2D eigenvalue weighted by atomic mass is 10.1. The summed E-state index contributed by atoms with van der Waals surface area (Å²) in [6.07, 6.45) is 0.311. The van der Waals surface area contributed by atoms with E-state index in [4.69, 9.17) is 21.1 Å². The molecule has 1 saturated heterocycles. The Morgan fingerprint density at radius 1 is 0.903 bits per heavy atom. The minimum Gasteiger partial charge on any atom is -0.434 e. The van der Waals surface area contributed by atoms with E-state index >= 15 is 0 Å². The summed E-state index contributed by atoms with van der Waals surface area (Å²) in [6, 6.07) is 13.8. The van der Waals surface area contributed by atoms with E-state index in [-0.39, 0.29) is 18.4 Å². The number of hydrogen-bond acceptors (Lipinski definition) is 5. The number of ether oxygens (including phenoxy) is 2. The largest absolute Gasteiger partial charge is 0.513 e. The van der Waals surface area contributed by atoms with Crippen LogP contribution >= 0.6 is 11.6 Å². The first-order chi connectivity index (χ1) is 15.0. The zero-order valence-electron chi connectivity index (χ0n) is 17.4. The Morgan fingerprint density at radius 2 is 1.52 bits per heavy atom. The van der Waals surface area contributed by atoms with Crippen molar-refractivity contribution in [3.63, 3.8) is 0 Å². The molecule has 1 heterocycles. The summed E-state index contributed by atoms with van der Waals surface area (Å²) in [5.41, 5.74) is 1.57. The van der Waals surface area contributed by atoms with E-state index in [1.165, 1.54) is 0 Å². The molecule has 2 aromatic carbocycles. The first-order valence-electron chi connectivity index (χ1n) is 10.2. The molecule has 0 atom stereocenters. The van der Waals surface area contributed by atoms with Crippen LogP contribution in [0.3, 0.4) is 0 Å². The monoisotopic (exact) mass is 444 g/mol. The van der Waals surface area contributed by atoms with Gasteiger partial charge in [-0.25, -0.2) is 4.79 Å².